The number of methoxy groups -OCH3 is 1. The van der Waals surface area contributed by atoms with Gasteiger partial charge in [-0.1, -0.05) is 47.5 Å². The molecule has 1 amide bonds. The van der Waals surface area contributed by atoms with Gasteiger partial charge in [-0.25, -0.2) is 0 Å². The van der Waals surface area contributed by atoms with Gasteiger partial charge in [0.25, 0.3) is 5.91 Å². The summed E-state index contributed by atoms with van der Waals surface area (Å²) in [6.07, 6.45) is 1.54. The smallest absolute Gasteiger partial charge is 0.266 e. The molecule has 3 aromatic carbocycles. The van der Waals surface area contributed by atoms with Gasteiger partial charge in [0.2, 0.25) is 0 Å². The lowest BCUT2D eigenvalue weighted by Gasteiger charge is -2.14. The number of hydrogen-bond acceptors (Lipinski definition) is 4. The maximum absolute atomic E-state index is 12.6. The van der Waals surface area contributed by atoms with Gasteiger partial charge in [-0.15, -0.1) is 0 Å². The van der Waals surface area contributed by atoms with Crippen molar-refractivity contribution >= 4 is 40.3 Å². The van der Waals surface area contributed by atoms with Gasteiger partial charge in [0.05, 0.1) is 10.7 Å². The van der Waals surface area contributed by atoms with Crippen LogP contribution in [0.4, 0.5) is 5.69 Å². The van der Waals surface area contributed by atoms with Gasteiger partial charge in [0, 0.05) is 5.69 Å². The predicted octanol–water partition coefficient (Wildman–Crippen LogP) is 6.04. The number of anilines is 1. The Balaban J connectivity index is 1.80. The first-order valence-corrected chi connectivity index (χ1v) is 11.0. The number of rotatable bonds is 7. The van der Waals surface area contributed by atoms with Gasteiger partial charge >= 0.3 is 0 Å². The Bertz CT molecular complexity index is 1180. The van der Waals surface area contributed by atoms with Gasteiger partial charge in [0.15, 0.2) is 11.5 Å². The zero-order valence-electron chi connectivity index (χ0n) is 18.1. The predicted molar refractivity (Wildman–Crippen MR) is 135 cm³/mol. The van der Waals surface area contributed by atoms with Crippen LogP contribution in [-0.2, 0) is 11.4 Å². The maximum Gasteiger partial charge on any atom is 0.266 e. The summed E-state index contributed by atoms with van der Waals surface area (Å²) in [7, 11) is 1.56. The van der Waals surface area contributed by atoms with E-state index in [4.69, 9.17) is 9.47 Å². The SMILES string of the molecule is COc1cc(/C=C(/C#N)C(=O)Nc2ccc(C)cc2)cc(I)c1OCc1ccc(C)cc1. The van der Waals surface area contributed by atoms with Crippen LogP contribution in [0.25, 0.3) is 6.08 Å². The number of ether oxygens (including phenoxy) is 2. The van der Waals surface area contributed by atoms with Crippen LogP contribution < -0.4 is 14.8 Å². The second-order valence-corrected chi connectivity index (χ2v) is 8.46. The fraction of sp³-hybridized carbons (Fsp3) is 0.154. The standard InChI is InChI=1S/C26H23IN2O3/c1-17-4-8-19(9-5-17)16-32-25-23(27)13-20(14-24(25)31-3)12-21(15-28)26(30)29-22-10-6-18(2)7-11-22/h4-14H,16H2,1-3H3,(H,29,30)/b21-12-. The molecule has 32 heavy (non-hydrogen) atoms. The molecule has 0 bridgehead atoms. The molecule has 0 unspecified atom stereocenters. The van der Waals surface area contributed by atoms with E-state index < -0.39 is 5.91 Å². The van der Waals surface area contributed by atoms with Crippen molar-refractivity contribution in [2.45, 2.75) is 20.5 Å². The zero-order valence-corrected chi connectivity index (χ0v) is 20.3. The lowest BCUT2D eigenvalue weighted by molar-refractivity contribution is -0.112. The molecule has 162 valence electrons. The highest BCUT2D eigenvalue weighted by atomic mass is 127. The molecule has 3 rings (SSSR count). The number of amides is 1. The van der Waals surface area contributed by atoms with Crippen molar-refractivity contribution in [3.05, 3.63) is 92.1 Å². The van der Waals surface area contributed by atoms with E-state index in [-0.39, 0.29) is 5.57 Å². The van der Waals surface area contributed by atoms with Gasteiger partial charge in [0.1, 0.15) is 18.2 Å². The Hall–Kier alpha value is -3.31. The molecular formula is C26H23IN2O3. The van der Waals surface area contributed by atoms with E-state index in [1.165, 1.54) is 11.6 Å². The number of nitriles is 1. The largest absolute Gasteiger partial charge is 0.493 e. The van der Waals surface area contributed by atoms with Crippen molar-refractivity contribution in [3.63, 3.8) is 0 Å². The molecule has 6 heteroatoms. The highest BCUT2D eigenvalue weighted by Crippen LogP contribution is 2.35. The molecule has 0 aliphatic carbocycles. The minimum absolute atomic E-state index is 0.00301. The molecule has 0 aliphatic heterocycles. The minimum Gasteiger partial charge on any atom is -0.493 e. The van der Waals surface area contributed by atoms with Crippen molar-refractivity contribution in [2.75, 3.05) is 12.4 Å². The number of halogens is 1. The molecule has 0 saturated heterocycles. The van der Waals surface area contributed by atoms with Gasteiger partial charge in [-0.2, -0.15) is 5.26 Å². The van der Waals surface area contributed by atoms with E-state index in [0.29, 0.717) is 29.4 Å². The number of carbonyl (C=O) groups is 1. The van der Waals surface area contributed by atoms with Crippen LogP contribution in [-0.4, -0.2) is 13.0 Å². The quantitative estimate of drug-likeness (QED) is 0.226. The molecular weight excluding hydrogens is 515 g/mol. The Morgan fingerprint density at radius 2 is 1.69 bits per heavy atom. The molecule has 0 aliphatic rings. The summed E-state index contributed by atoms with van der Waals surface area (Å²) in [5.41, 5.74) is 4.63. The van der Waals surface area contributed by atoms with E-state index in [9.17, 15) is 10.1 Å². The number of hydrogen-bond donors (Lipinski definition) is 1. The van der Waals surface area contributed by atoms with Crippen molar-refractivity contribution in [2.24, 2.45) is 0 Å². The van der Waals surface area contributed by atoms with Gasteiger partial charge in [-0.3, -0.25) is 4.79 Å². The fourth-order valence-corrected chi connectivity index (χ4v) is 3.73. The van der Waals surface area contributed by atoms with E-state index in [1.54, 1.807) is 25.3 Å². The number of benzene rings is 3. The molecule has 0 aromatic heterocycles. The Morgan fingerprint density at radius 1 is 1.06 bits per heavy atom. The van der Waals surface area contributed by atoms with Crippen molar-refractivity contribution in [1.29, 1.82) is 5.26 Å². The van der Waals surface area contributed by atoms with Crippen LogP contribution in [0.5, 0.6) is 11.5 Å². The zero-order chi connectivity index (χ0) is 23.1. The van der Waals surface area contributed by atoms with Crippen LogP contribution in [0, 0.1) is 28.7 Å². The molecule has 0 heterocycles. The summed E-state index contributed by atoms with van der Waals surface area (Å²) in [5, 5.41) is 12.3. The second kappa shape index (κ2) is 10.8. The average molecular weight is 538 g/mol. The van der Waals surface area contributed by atoms with E-state index in [0.717, 1.165) is 14.7 Å². The third-order valence-electron chi connectivity index (χ3n) is 4.74. The first-order chi connectivity index (χ1) is 15.4. The monoisotopic (exact) mass is 538 g/mol. The van der Waals surface area contributed by atoms with E-state index in [1.807, 2.05) is 62.4 Å². The lowest BCUT2D eigenvalue weighted by atomic mass is 10.1. The lowest BCUT2D eigenvalue weighted by Crippen LogP contribution is -2.13. The van der Waals surface area contributed by atoms with E-state index >= 15 is 0 Å². The third-order valence-corrected chi connectivity index (χ3v) is 5.54. The molecule has 0 saturated carbocycles. The Labute approximate surface area is 201 Å². The summed E-state index contributed by atoms with van der Waals surface area (Å²) in [5.74, 6) is 0.685. The molecule has 5 nitrogen and oxygen atoms in total. The molecule has 0 atom stereocenters. The molecule has 3 aromatic rings. The number of nitrogens with one attached hydrogen (secondary N) is 1. The third kappa shape index (κ3) is 6.11. The first-order valence-electron chi connectivity index (χ1n) is 9.95. The topological polar surface area (TPSA) is 71.3 Å². The Kier molecular flexibility index (Phi) is 7.90. The molecule has 1 N–H and O–H groups in total. The summed E-state index contributed by atoms with van der Waals surface area (Å²) in [4.78, 5) is 12.6. The highest BCUT2D eigenvalue weighted by molar-refractivity contribution is 14.1. The normalized spacial score (nSPS) is 10.9. The van der Waals surface area contributed by atoms with Crippen LogP contribution >= 0.6 is 22.6 Å². The van der Waals surface area contributed by atoms with Crippen LogP contribution in [0.15, 0.2) is 66.2 Å². The molecule has 0 fully saturated rings. The second-order valence-electron chi connectivity index (χ2n) is 7.30. The fourth-order valence-electron chi connectivity index (χ4n) is 2.95. The number of carbonyl (C=O) groups excluding carboxylic acids is 1. The number of aryl methyl sites for hydroxylation is 2. The number of nitrogens with zero attached hydrogens (tertiary/aromatic N) is 1. The summed E-state index contributed by atoms with van der Waals surface area (Å²) in [6.45, 7) is 4.42. The van der Waals surface area contributed by atoms with Crippen LogP contribution in [0.1, 0.15) is 22.3 Å². The van der Waals surface area contributed by atoms with Crippen LogP contribution in [0.2, 0.25) is 0 Å². The van der Waals surface area contributed by atoms with Gasteiger partial charge < -0.3 is 14.8 Å². The van der Waals surface area contributed by atoms with Crippen molar-refractivity contribution < 1.29 is 14.3 Å². The van der Waals surface area contributed by atoms with E-state index in [2.05, 4.69) is 27.9 Å². The summed E-state index contributed by atoms with van der Waals surface area (Å²) in [6, 6.07) is 21.1. The van der Waals surface area contributed by atoms with Crippen LogP contribution in [0.3, 0.4) is 0 Å². The minimum atomic E-state index is -0.468. The first kappa shape index (κ1) is 23.4. The average Bonchev–Trinajstić information content (AvgIpc) is 2.79. The highest BCUT2D eigenvalue weighted by Gasteiger charge is 2.14. The molecule has 0 radical (unpaired) electrons. The summed E-state index contributed by atoms with van der Waals surface area (Å²) >= 11 is 2.16. The van der Waals surface area contributed by atoms with Gasteiger partial charge in [-0.05, 0) is 77.9 Å². The molecule has 0 spiro atoms. The van der Waals surface area contributed by atoms with Crippen molar-refractivity contribution in [1.82, 2.24) is 0 Å². The maximum atomic E-state index is 12.6. The van der Waals surface area contributed by atoms with Crippen molar-refractivity contribution in [3.8, 4) is 17.6 Å². The summed E-state index contributed by atoms with van der Waals surface area (Å²) < 4.78 is 12.3. The Morgan fingerprint density at radius 3 is 2.28 bits per heavy atom.